The molecule has 122 valence electrons. The molecule has 23 heavy (non-hydrogen) atoms. The number of aromatic nitrogens is 2. The molecule has 1 aromatic heterocycles. The molecule has 7 heteroatoms. The Hall–Kier alpha value is -2.34. The number of rotatable bonds is 6. The van der Waals surface area contributed by atoms with Crippen LogP contribution in [0.4, 0.5) is 11.5 Å². The van der Waals surface area contributed by atoms with Gasteiger partial charge in [0.15, 0.2) is 0 Å². The van der Waals surface area contributed by atoms with Gasteiger partial charge >= 0.3 is 0 Å². The topological polar surface area (TPSA) is 67.4 Å². The highest BCUT2D eigenvalue weighted by Gasteiger charge is 2.14. The van der Waals surface area contributed by atoms with Crippen LogP contribution in [0.5, 0.6) is 5.75 Å². The fourth-order valence-corrected chi connectivity index (χ4v) is 2.33. The summed E-state index contributed by atoms with van der Waals surface area (Å²) in [6.45, 7) is 5.66. The van der Waals surface area contributed by atoms with E-state index in [1.807, 2.05) is 18.7 Å². The van der Waals surface area contributed by atoms with Crippen LogP contribution in [-0.2, 0) is 0 Å². The Balaban J connectivity index is 2.24. The minimum absolute atomic E-state index is 0.281. The second kappa shape index (κ2) is 7.78. The molecule has 1 heterocycles. The quantitative estimate of drug-likeness (QED) is 0.878. The van der Waals surface area contributed by atoms with Crippen molar-refractivity contribution in [2.75, 3.05) is 30.4 Å². The Morgan fingerprint density at radius 2 is 2.00 bits per heavy atom. The van der Waals surface area contributed by atoms with E-state index >= 15 is 0 Å². The van der Waals surface area contributed by atoms with Crippen molar-refractivity contribution < 1.29 is 9.53 Å². The van der Waals surface area contributed by atoms with Gasteiger partial charge in [-0.25, -0.2) is 9.97 Å². The van der Waals surface area contributed by atoms with Crippen molar-refractivity contribution in [3.8, 4) is 5.75 Å². The minimum Gasteiger partial charge on any atom is -0.495 e. The van der Waals surface area contributed by atoms with Crippen molar-refractivity contribution in [3.63, 3.8) is 0 Å². The van der Waals surface area contributed by atoms with Gasteiger partial charge in [-0.3, -0.25) is 4.79 Å². The fraction of sp³-hybridized carbons (Fsp3) is 0.312. The van der Waals surface area contributed by atoms with E-state index in [9.17, 15) is 4.79 Å². The fourth-order valence-electron chi connectivity index (χ4n) is 2.16. The second-order valence-electron chi connectivity index (χ2n) is 4.73. The summed E-state index contributed by atoms with van der Waals surface area (Å²) in [4.78, 5) is 22.7. The molecule has 0 saturated heterocycles. The highest BCUT2D eigenvalue weighted by molar-refractivity contribution is 6.31. The zero-order valence-corrected chi connectivity index (χ0v) is 14.1. The number of benzene rings is 1. The van der Waals surface area contributed by atoms with Crippen LogP contribution in [0, 0.1) is 0 Å². The van der Waals surface area contributed by atoms with Crippen LogP contribution in [0.25, 0.3) is 0 Å². The molecule has 1 N–H and O–H groups in total. The molecule has 0 aliphatic heterocycles. The number of hydrogen-bond donors (Lipinski definition) is 1. The third-order valence-corrected chi connectivity index (χ3v) is 3.62. The first-order valence-electron chi connectivity index (χ1n) is 7.30. The molecule has 0 radical (unpaired) electrons. The summed E-state index contributed by atoms with van der Waals surface area (Å²) in [7, 11) is 1.53. The highest BCUT2D eigenvalue weighted by atomic mass is 35.5. The summed E-state index contributed by atoms with van der Waals surface area (Å²) in [5.74, 6) is 0.898. The molecule has 0 unspecified atom stereocenters. The van der Waals surface area contributed by atoms with E-state index in [0.29, 0.717) is 22.3 Å². The maximum absolute atomic E-state index is 12.4. The molecular weight excluding hydrogens is 316 g/mol. The van der Waals surface area contributed by atoms with Crippen LogP contribution in [0.15, 0.2) is 30.6 Å². The molecule has 0 atom stereocenters. The maximum atomic E-state index is 12.4. The predicted molar refractivity (Wildman–Crippen MR) is 91.6 cm³/mol. The molecular formula is C16H19ClN4O2. The zero-order valence-electron chi connectivity index (χ0n) is 13.3. The van der Waals surface area contributed by atoms with Gasteiger partial charge < -0.3 is 15.0 Å². The first-order chi connectivity index (χ1) is 11.1. The molecule has 2 aromatic rings. The molecule has 0 bridgehead atoms. The zero-order chi connectivity index (χ0) is 16.8. The van der Waals surface area contributed by atoms with E-state index in [1.165, 1.54) is 13.4 Å². The number of methoxy groups -OCH3 is 1. The first-order valence-corrected chi connectivity index (χ1v) is 7.68. The lowest BCUT2D eigenvalue weighted by Gasteiger charge is -2.19. The molecule has 1 aromatic carbocycles. The van der Waals surface area contributed by atoms with Crippen molar-refractivity contribution in [3.05, 3.63) is 41.3 Å². The number of carbonyl (C=O) groups is 1. The van der Waals surface area contributed by atoms with Crippen LogP contribution in [0.3, 0.4) is 0 Å². The van der Waals surface area contributed by atoms with E-state index in [0.717, 1.165) is 13.1 Å². The summed E-state index contributed by atoms with van der Waals surface area (Å²) in [5, 5.41) is 3.27. The van der Waals surface area contributed by atoms with Gasteiger partial charge in [0.25, 0.3) is 5.91 Å². The highest BCUT2D eigenvalue weighted by Crippen LogP contribution is 2.28. The summed E-state index contributed by atoms with van der Waals surface area (Å²) in [5.41, 5.74) is 0.775. The van der Waals surface area contributed by atoms with E-state index in [4.69, 9.17) is 16.3 Å². The lowest BCUT2D eigenvalue weighted by atomic mass is 10.2. The van der Waals surface area contributed by atoms with Crippen molar-refractivity contribution in [1.29, 1.82) is 0 Å². The van der Waals surface area contributed by atoms with Crippen molar-refractivity contribution in [1.82, 2.24) is 9.97 Å². The summed E-state index contributed by atoms with van der Waals surface area (Å²) >= 11 is 5.97. The van der Waals surface area contributed by atoms with E-state index < -0.39 is 0 Å². The van der Waals surface area contributed by atoms with Gasteiger partial charge in [0.05, 0.1) is 12.8 Å². The summed E-state index contributed by atoms with van der Waals surface area (Å²) < 4.78 is 5.22. The Kier molecular flexibility index (Phi) is 5.76. The maximum Gasteiger partial charge on any atom is 0.274 e. The van der Waals surface area contributed by atoms with Gasteiger partial charge in [-0.1, -0.05) is 11.6 Å². The number of carbonyl (C=O) groups excluding carboxylic acids is 1. The predicted octanol–water partition coefficient (Wildman–Crippen LogP) is 3.24. The second-order valence-corrected chi connectivity index (χ2v) is 5.17. The molecule has 0 saturated carbocycles. The number of hydrogen-bond acceptors (Lipinski definition) is 5. The molecule has 6 nitrogen and oxygen atoms in total. The molecule has 0 aliphatic carbocycles. The Labute approximate surface area is 140 Å². The average molecular weight is 335 g/mol. The Morgan fingerprint density at radius 3 is 2.65 bits per heavy atom. The van der Waals surface area contributed by atoms with Crippen LogP contribution in [0.2, 0.25) is 5.02 Å². The summed E-state index contributed by atoms with van der Waals surface area (Å²) in [6.07, 6.45) is 1.39. The van der Waals surface area contributed by atoms with Gasteiger partial charge in [0.2, 0.25) is 0 Å². The van der Waals surface area contributed by atoms with Gasteiger partial charge in [-0.15, -0.1) is 0 Å². The van der Waals surface area contributed by atoms with Gasteiger partial charge in [0.1, 0.15) is 23.6 Å². The third kappa shape index (κ3) is 4.10. The number of ether oxygens (including phenoxy) is 1. The van der Waals surface area contributed by atoms with E-state index in [2.05, 4.69) is 15.3 Å². The number of anilines is 2. The van der Waals surface area contributed by atoms with Crippen molar-refractivity contribution >= 4 is 29.0 Å². The van der Waals surface area contributed by atoms with E-state index in [1.54, 1.807) is 24.3 Å². The third-order valence-electron chi connectivity index (χ3n) is 3.38. The number of nitrogens with zero attached hydrogens (tertiary/aromatic N) is 3. The number of amides is 1. The molecule has 0 aliphatic rings. The normalized spacial score (nSPS) is 10.3. The number of halogens is 1. The largest absolute Gasteiger partial charge is 0.495 e. The average Bonchev–Trinajstić information content (AvgIpc) is 2.56. The molecule has 0 fully saturated rings. The van der Waals surface area contributed by atoms with Gasteiger partial charge in [0, 0.05) is 24.2 Å². The standard InChI is InChI=1S/C16H19ClN4O2/c1-4-21(5-2)15-9-13(18-10-19-15)16(22)20-12-8-11(17)6-7-14(12)23-3/h6-10H,4-5H2,1-3H3,(H,20,22). The SMILES string of the molecule is CCN(CC)c1cc(C(=O)Nc2cc(Cl)ccc2OC)ncn1. The summed E-state index contributed by atoms with van der Waals surface area (Å²) in [6, 6.07) is 6.68. The van der Waals surface area contributed by atoms with E-state index in [-0.39, 0.29) is 11.6 Å². The van der Waals surface area contributed by atoms with Crippen molar-refractivity contribution in [2.45, 2.75) is 13.8 Å². The Morgan fingerprint density at radius 1 is 1.26 bits per heavy atom. The monoisotopic (exact) mass is 334 g/mol. The van der Waals surface area contributed by atoms with Gasteiger partial charge in [-0.05, 0) is 32.0 Å². The van der Waals surface area contributed by atoms with Crippen LogP contribution < -0.4 is 15.0 Å². The lowest BCUT2D eigenvalue weighted by Crippen LogP contribution is -2.24. The molecule has 0 spiro atoms. The van der Waals surface area contributed by atoms with Crippen LogP contribution in [-0.4, -0.2) is 36.1 Å². The lowest BCUT2D eigenvalue weighted by molar-refractivity contribution is 0.102. The van der Waals surface area contributed by atoms with Gasteiger partial charge in [-0.2, -0.15) is 0 Å². The minimum atomic E-state index is -0.346. The Bertz CT molecular complexity index is 690. The first kappa shape index (κ1) is 17.0. The van der Waals surface area contributed by atoms with Crippen molar-refractivity contribution in [2.24, 2.45) is 0 Å². The van der Waals surface area contributed by atoms with Crippen LogP contribution >= 0.6 is 11.6 Å². The van der Waals surface area contributed by atoms with Crippen LogP contribution in [0.1, 0.15) is 24.3 Å². The molecule has 2 rings (SSSR count). The number of nitrogens with one attached hydrogen (secondary N) is 1. The smallest absolute Gasteiger partial charge is 0.274 e. The molecule has 1 amide bonds.